The molecule has 0 unspecified atom stereocenters. The van der Waals surface area contributed by atoms with Crippen molar-refractivity contribution in [2.24, 2.45) is 17.8 Å². The Morgan fingerprint density at radius 3 is 3.14 bits per heavy atom. The molecule has 0 fully saturated rings. The highest BCUT2D eigenvalue weighted by atomic mass is 32.1. The van der Waals surface area contributed by atoms with Gasteiger partial charge in [0, 0.05) is 7.05 Å². The molecule has 6 nitrogen and oxygen atoms in total. The van der Waals surface area contributed by atoms with Crippen molar-refractivity contribution in [1.29, 1.82) is 0 Å². The van der Waals surface area contributed by atoms with Crippen LogP contribution >= 0.6 is 12.2 Å². The lowest BCUT2D eigenvalue weighted by atomic mass is 10.5. The fraction of sp³-hybridized carbons (Fsp3) is 0.143. The zero-order chi connectivity index (χ0) is 10.1. The number of imidazole rings is 1. The molecule has 0 bridgehead atoms. The predicted octanol–water partition coefficient (Wildman–Crippen LogP) is -0.559. The highest BCUT2D eigenvalue weighted by Gasteiger charge is 2.01. The molecule has 3 N–H and O–H groups in total. The molecule has 7 heteroatoms. The van der Waals surface area contributed by atoms with Crippen LogP contribution in [-0.4, -0.2) is 24.6 Å². The van der Waals surface area contributed by atoms with Crippen molar-refractivity contribution in [2.45, 2.75) is 0 Å². The first-order valence-corrected chi connectivity index (χ1v) is 4.28. The lowest BCUT2D eigenvalue weighted by Gasteiger charge is -1.98. The van der Waals surface area contributed by atoms with Gasteiger partial charge in [-0.2, -0.15) is 0 Å². The van der Waals surface area contributed by atoms with Gasteiger partial charge in [0.15, 0.2) is 16.2 Å². The molecule has 0 aromatic carbocycles. The first-order valence-electron chi connectivity index (χ1n) is 3.87. The molecule has 2 aromatic rings. The summed E-state index contributed by atoms with van der Waals surface area (Å²) >= 11 is 4.72. The average Bonchev–Trinajstić information content (AvgIpc) is 2.57. The van der Waals surface area contributed by atoms with Gasteiger partial charge in [-0.1, -0.05) is 0 Å². The van der Waals surface area contributed by atoms with Crippen LogP contribution in [0.5, 0.6) is 0 Å². The number of aromatic nitrogens is 4. The van der Waals surface area contributed by atoms with Gasteiger partial charge in [0.25, 0.3) is 0 Å². The van der Waals surface area contributed by atoms with Crippen molar-refractivity contribution in [3.8, 4) is 0 Å². The first-order chi connectivity index (χ1) is 6.68. The van der Waals surface area contributed by atoms with E-state index >= 15 is 0 Å². The van der Waals surface area contributed by atoms with Crippen LogP contribution in [-0.2, 0) is 7.05 Å². The number of hydrogen-bond donors (Lipinski definition) is 2. The fourth-order valence-corrected chi connectivity index (χ4v) is 1.25. The number of thiocarbonyl (C=S) groups is 1. The Labute approximate surface area is 84.5 Å². The molecule has 0 atom stereocenters. The van der Waals surface area contributed by atoms with E-state index in [1.54, 1.807) is 17.2 Å². The summed E-state index contributed by atoms with van der Waals surface area (Å²) in [6.45, 7) is 0. The summed E-state index contributed by atoms with van der Waals surface area (Å²) in [5, 5.41) is 0.0858. The molecule has 0 amide bonds. The highest BCUT2D eigenvalue weighted by molar-refractivity contribution is 7.80. The van der Waals surface area contributed by atoms with Crippen LogP contribution in [0.25, 0.3) is 11.2 Å². The summed E-state index contributed by atoms with van der Waals surface area (Å²) in [5.41, 5.74) is 7.30. The van der Waals surface area contributed by atoms with Gasteiger partial charge in [0.2, 0.25) is 0 Å². The number of hydrogen-bond acceptors (Lipinski definition) is 3. The Morgan fingerprint density at radius 2 is 2.43 bits per heavy atom. The third kappa shape index (κ3) is 1.37. The maximum absolute atomic E-state index is 5.35. The van der Waals surface area contributed by atoms with E-state index in [-0.39, 0.29) is 5.11 Å². The van der Waals surface area contributed by atoms with Crippen LogP contribution in [0.15, 0.2) is 17.6 Å². The second-order valence-electron chi connectivity index (χ2n) is 2.73. The van der Waals surface area contributed by atoms with Crippen LogP contribution in [0.2, 0.25) is 0 Å². The molecule has 0 saturated heterocycles. The van der Waals surface area contributed by atoms with Crippen molar-refractivity contribution < 1.29 is 0 Å². The number of rotatable bonds is 0. The summed E-state index contributed by atoms with van der Waals surface area (Å²) in [4.78, 5) is 15.0. The molecule has 0 saturated carbocycles. The largest absolute Gasteiger partial charge is 0.374 e. The number of fused-ring (bicyclic) bond motifs is 1. The van der Waals surface area contributed by atoms with E-state index < -0.39 is 0 Å². The molecular weight excluding hydrogens is 200 g/mol. The molecule has 0 aliphatic carbocycles. The average molecular weight is 208 g/mol. The van der Waals surface area contributed by atoms with E-state index in [0.717, 1.165) is 5.52 Å². The Bertz CT molecular complexity index is 551. The highest BCUT2D eigenvalue weighted by Crippen LogP contribution is 1.96. The second kappa shape index (κ2) is 3.18. The number of nitrogens with one attached hydrogen (secondary N) is 1. The lowest BCUT2D eigenvalue weighted by molar-refractivity contribution is 0.821. The SMILES string of the molecule is Cn1cnc2nc[nH]c2/c1=N/C(N)=S. The second-order valence-corrected chi connectivity index (χ2v) is 3.15. The zero-order valence-electron chi connectivity index (χ0n) is 7.43. The van der Waals surface area contributed by atoms with Crippen LogP contribution in [0.4, 0.5) is 0 Å². The van der Waals surface area contributed by atoms with E-state index in [9.17, 15) is 0 Å². The Morgan fingerprint density at radius 1 is 1.64 bits per heavy atom. The monoisotopic (exact) mass is 208 g/mol. The van der Waals surface area contributed by atoms with E-state index in [2.05, 4.69) is 19.9 Å². The van der Waals surface area contributed by atoms with E-state index in [4.69, 9.17) is 18.0 Å². The van der Waals surface area contributed by atoms with E-state index in [1.807, 2.05) is 7.05 Å². The minimum absolute atomic E-state index is 0.0858. The number of nitrogens with zero attached hydrogens (tertiary/aromatic N) is 4. The molecule has 0 spiro atoms. The van der Waals surface area contributed by atoms with Crippen LogP contribution in [0, 0.1) is 0 Å². The molecule has 2 aromatic heterocycles. The molecule has 2 heterocycles. The van der Waals surface area contributed by atoms with Gasteiger partial charge >= 0.3 is 0 Å². The van der Waals surface area contributed by atoms with Crippen molar-refractivity contribution in [2.75, 3.05) is 0 Å². The summed E-state index contributed by atoms with van der Waals surface area (Å²) in [6, 6.07) is 0. The lowest BCUT2D eigenvalue weighted by Crippen LogP contribution is -2.22. The predicted molar refractivity (Wildman–Crippen MR) is 55.2 cm³/mol. The maximum atomic E-state index is 5.35. The molecule has 72 valence electrons. The van der Waals surface area contributed by atoms with Gasteiger partial charge in [-0.15, -0.1) is 0 Å². The van der Waals surface area contributed by atoms with E-state index in [1.165, 1.54) is 0 Å². The number of H-pyrrole nitrogens is 1. The summed E-state index contributed by atoms with van der Waals surface area (Å²) < 4.78 is 1.72. The number of aryl methyl sites for hydroxylation is 1. The normalized spacial score (nSPS) is 12.2. The van der Waals surface area contributed by atoms with Crippen LogP contribution < -0.4 is 11.2 Å². The quantitative estimate of drug-likeness (QED) is 0.568. The minimum Gasteiger partial charge on any atom is -0.374 e. The van der Waals surface area contributed by atoms with Crippen molar-refractivity contribution >= 4 is 28.5 Å². The van der Waals surface area contributed by atoms with E-state index in [0.29, 0.717) is 11.1 Å². The molecule has 2 rings (SSSR count). The molecular formula is C7H8N6S. The third-order valence-electron chi connectivity index (χ3n) is 1.75. The Kier molecular flexibility index (Phi) is 2.01. The number of aromatic amines is 1. The Hall–Kier alpha value is -1.76. The minimum atomic E-state index is 0.0858. The maximum Gasteiger partial charge on any atom is 0.192 e. The van der Waals surface area contributed by atoms with Gasteiger partial charge in [-0.05, 0) is 12.2 Å². The van der Waals surface area contributed by atoms with Gasteiger partial charge in [-0.3, -0.25) is 0 Å². The molecule has 0 aliphatic rings. The smallest absolute Gasteiger partial charge is 0.192 e. The van der Waals surface area contributed by atoms with Crippen LogP contribution in [0.1, 0.15) is 0 Å². The zero-order valence-corrected chi connectivity index (χ0v) is 8.25. The third-order valence-corrected chi connectivity index (χ3v) is 1.84. The Balaban J connectivity index is 2.90. The topological polar surface area (TPSA) is 84.9 Å². The van der Waals surface area contributed by atoms with Crippen LogP contribution in [0.3, 0.4) is 0 Å². The number of nitrogens with two attached hydrogens (primary N) is 1. The standard InChI is InChI=1S/C7H8N6S/c1-13-3-11-5-4(9-2-10-5)6(13)12-7(8)14/h2-3H,1H3,(H2,8,14)(H,9,10)/b12-6-. The van der Waals surface area contributed by atoms with Crippen molar-refractivity contribution in [3.05, 3.63) is 18.1 Å². The molecule has 0 radical (unpaired) electrons. The molecule has 0 aliphatic heterocycles. The summed E-state index contributed by atoms with van der Waals surface area (Å²) in [7, 11) is 1.81. The van der Waals surface area contributed by atoms with Gasteiger partial charge in [0.1, 0.15) is 5.52 Å². The first kappa shape index (κ1) is 8.82. The van der Waals surface area contributed by atoms with Crippen molar-refractivity contribution in [1.82, 2.24) is 19.5 Å². The van der Waals surface area contributed by atoms with Crippen molar-refractivity contribution in [3.63, 3.8) is 0 Å². The molecule has 14 heavy (non-hydrogen) atoms. The van der Waals surface area contributed by atoms with Gasteiger partial charge in [-0.25, -0.2) is 15.0 Å². The summed E-state index contributed by atoms with van der Waals surface area (Å²) in [5.74, 6) is 0. The summed E-state index contributed by atoms with van der Waals surface area (Å²) in [6.07, 6.45) is 3.16. The fourth-order valence-electron chi connectivity index (χ4n) is 1.16. The van der Waals surface area contributed by atoms with Gasteiger partial charge in [0.05, 0.1) is 12.7 Å². The van der Waals surface area contributed by atoms with Gasteiger partial charge < -0.3 is 15.3 Å².